The highest BCUT2D eigenvalue weighted by Gasteiger charge is 2.29. The molecule has 0 radical (unpaired) electrons. The van der Waals surface area contributed by atoms with Gasteiger partial charge in [-0.25, -0.2) is 4.98 Å². The number of piperazine rings is 1. The summed E-state index contributed by atoms with van der Waals surface area (Å²) in [5.74, 6) is 0.284. The van der Waals surface area contributed by atoms with E-state index >= 15 is 0 Å². The lowest BCUT2D eigenvalue weighted by Gasteiger charge is -2.35. The van der Waals surface area contributed by atoms with Crippen molar-refractivity contribution in [1.82, 2.24) is 15.2 Å². The minimum Gasteiger partial charge on any atom is -0.345 e. The van der Waals surface area contributed by atoms with Crippen molar-refractivity contribution in [3.05, 3.63) is 11.6 Å². The maximum absolute atomic E-state index is 12.2. The van der Waals surface area contributed by atoms with Gasteiger partial charge in [-0.2, -0.15) is 0 Å². The van der Waals surface area contributed by atoms with Crippen LogP contribution in [0, 0.1) is 0 Å². The molecule has 20 heavy (non-hydrogen) atoms. The maximum Gasteiger partial charge on any atom is 0.239 e. The van der Waals surface area contributed by atoms with Crippen molar-refractivity contribution in [2.24, 2.45) is 0 Å². The van der Waals surface area contributed by atoms with E-state index in [9.17, 15) is 4.79 Å². The number of anilines is 1. The van der Waals surface area contributed by atoms with Crippen molar-refractivity contribution in [2.75, 3.05) is 37.6 Å². The summed E-state index contributed by atoms with van der Waals surface area (Å²) in [5.41, 5.74) is 0. The van der Waals surface area contributed by atoms with E-state index in [0.717, 1.165) is 50.7 Å². The summed E-state index contributed by atoms with van der Waals surface area (Å²) in [7, 11) is 0. The second-order valence-electron chi connectivity index (χ2n) is 4.78. The van der Waals surface area contributed by atoms with Crippen LogP contribution < -0.4 is 10.2 Å². The fourth-order valence-electron chi connectivity index (χ4n) is 2.61. The molecule has 5 nitrogen and oxygen atoms in total. The van der Waals surface area contributed by atoms with Gasteiger partial charge in [0.25, 0.3) is 0 Å². The van der Waals surface area contributed by atoms with Gasteiger partial charge in [0.05, 0.1) is 6.04 Å². The molecule has 2 fully saturated rings. The molecule has 0 bridgehead atoms. The van der Waals surface area contributed by atoms with Crippen LogP contribution in [0.3, 0.4) is 0 Å². The van der Waals surface area contributed by atoms with Crippen molar-refractivity contribution in [2.45, 2.75) is 18.9 Å². The Kier molecular flexibility index (Phi) is 7.02. The van der Waals surface area contributed by atoms with Crippen LogP contribution >= 0.6 is 36.2 Å². The first-order valence-electron chi connectivity index (χ1n) is 6.51. The topological polar surface area (TPSA) is 48.5 Å². The molecule has 1 N–H and O–H groups in total. The van der Waals surface area contributed by atoms with Crippen LogP contribution in [-0.4, -0.2) is 54.6 Å². The van der Waals surface area contributed by atoms with E-state index in [1.807, 2.05) is 16.5 Å². The van der Waals surface area contributed by atoms with Gasteiger partial charge in [-0.3, -0.25) is 4.79 Å². The molecule has 2 aliphatic heterocycles. The van der Waals surface area contributed by atoms with Crippen molar-refractivity contribution in [3.8, 4) is 0 Å². The Morgan fingerprint density at radius 1 is 1.30 bits per heavy atom. The minimum absolute atomic E-state index is 0. The van der Waals surface area contributed by atoms with E-state index in [1.54, 1.807) is 11.3 Å². The summed E-state index contributed by atoms with van der Waals surface area (Å²) < 4.78 is 0. The number of aromatic nitrogens is 1. The molecule has 1 aromatic heterocycles. The van der Waals surface area contributed by atoms with Crippen LogP contribution in [0.1, 0.15) is 12.8 Å². The van der Waals surface area contributed by atoms with Gasteiger partial charge < -0.3 is 15.1 Å². The number of nitrogens with zero attached hydrogens (tertiary/aromatic N) is 3. The summed E-state index contributed by atoms with van der Waals surface area (Å²) in [6.45, 7) is 4.40. The minimum atomic E-state index is 0. The van der Waals surface area contributed by atoms with Crippen molar-refractivity contribution < 1.29 is 4.79 Å². The lowest BCUT2D eigenvalue weighted by Crippen LogP contribution is -2.53. The quantitative estimate of drug-likeness (QED) is 0.885. The average Bonchev–Trinajstić information content (AvgIpc) is 3.11. The lowest BCUT2D eigenvalue weighted by atomic mass is 10.2. The Hall–Kier alpha value is -0.560. The summed E-state index contributed by atoms with van der Waals surface area (Å²) in [6.07, 6.45) is 3.95. The second-order valence-corrected chi connectivity index (χ2v) is 5.65. The summed E-state index contributed by atoms with van der Waals surface area (Å²) in [6, 6.07) is 0.0661. The first kappa shape index (κ1) is 17.5. The molecule has 1 atom stereocenters. The normalized spacial score (nSPS) is 22.1. The highest BCUT2D eigenvalue weighted by atomic mass is 35.5. The molecular formula is C12H20Cl2N4OS. The van der Waals surface area contributed by atoms with Gasteiger partial charge in [0.2, 0.25) is 5.91 Å². The van der Waals surface area contributed by atoms with E-state index in [-0.39, 0.29) is 36.8 Å². The lowest BCUT2D eigenvalue weighted by molar-refractivity contribution is -0.133. The smallest absolute Gasteiger partial charge is 0.239 e. The molecule has 2 aliphatic rings. The van der Waals surface area contributed by atoms with Crippen LogP contribution in [0.25, 0.3) is 0 Å². The Morgan fingerprint density at radius 2 is 2.05 bits per heavy atom. The van der Waals surface area contributed by atoms with Crippen LogP contribution in [0.15, 0.2) is 11.6 Å². The van der Waals surface area contributed by atoms with Gasteiger partial charge in [-0.05, 0) is 19.4 Å². The van der Waals surface area contributed by atoms with E-state index in [4.69, 9.17) is 0 Å². The predicted molar refractivity (Wildman–Crippen MR) is 86.4 cm³/mol. The maximum atomic E-state index is 12.2. The summed E-state index contributed by atoms with van der Waals surface area (Å²) in [5, 5.41) is 6.34. The second kappa shape index (κ2) is 8.02. The fraction of sp³-hybridized carbons (Fsp3) is 0.667. The number of carbonyl (C=O) groups excluding carboxylic acids is 1. The Morgan fingerprint density at radius 3 is 2.60 bits per heavy atom. The molecule has 0 saturated carbocycles. The molecule has 3 rings (SSSR count). The summed E-state index contributed by atoms with van der Waals surface area (Å²) in [4.78, 5) is 20.8. The molecule has 1 aromatic rings. The predicted octanol–water partition coefficient (Wildman–Crippen LogP) is 1.39. The summed E-state index contributed by atoms with van der Waals surface area (Å²) >= 11 is 1.66. The first-order chi connectivity index (χ1) is 8.84. The van der Waals surface area contributed by atoms with Gasteiger partial charge in [-0.15, -0.1) is 36.2 Å². The molecular weight excluding hydrogens is 319 g/mol. The van der Waals surface area contributed by atoms with E-state index < -0.39 is 0 Å². The molecule has 114 valence electrons. The van der Waals surface area contributed by atoms with Crippen molar-refractivity contribution in [1.29, 1.82) is 0 Å². The number of carbonyl (C=O) groups is 1. The third-order valence-electron chi connectivity index (χ3n) is 3.64. The zero-order valence-corrected chi connectivity index (χ0v) is 13.6. The third kappa shape index (κ3) is 3.75. The van der Waals surface area contributed by atoms with Crippen molar-refractivity contribution >= 4 is 47.2 Å². The molecule has 0 aromatic carbocycles. The zero-order valence-electron chi connectivity index (χ0n) is 11.2. The Balaban J connectivity index is 0.000001000. The van der Waals surface area contributed by atoms with Crippen LogP contribution in [0.5, 0.6) is 0 Å². The molecule has 3 heterocycles. The van der Waals surface area contributed by atoms with Gasteiger partial charge in [0, 0.05) is 37.8 Å². The van der Waals surface area contributed by atoms with E-state index in [1.165, 1.54) is 0 Å². The monoisotopic (exact) mass is 338 g/mol. The van der Waals surface area contributed by atoms with Gasteiger partial charge in [0.1, 0.15) is 0 Å². The fourth-order valence-corrected chi connectivity index (χ4v) is 3.30. The number of hydrogen-bond acceptors (Lipinski definition) is 5. The molecule has 1 amide bonds. The van der Waals surface area contributed by atoms with E-state index in [0.29, 0.717) is 0 Å². The zero-order chi connectivity index (χ0) is 12.4. The molecule has 2 saturated heterocycles. The molecule has 0 unspecified atom stereocenters. The SMILES string of the molecule is Cl.Cl.O=C([C@@H]1CCCN1)N1CCN(c2nccs2)CC1. The van der Waals surface area contributed by atoms with Gasteiger partial charge >= 0.3 is 0 Å². The standard InChI is InChI=1S/C12H18N4OS.2ClH/c17-11(10-2-1-3-13-10)15-5-7-16(8-6-15)12-14-4-9-18-12;;/h4,9-10,13H,1-3,5-8H2;2*1H/t10-;;/m0../s1. The van der Waals surface area contributed by atoms with Crippen LogP contribution in [0.4, 0.5) is 5.13 Å². The number of halogens is 2. The number of amides is 1. The molecule has 8 heteroatoms. The molecule has 0 spiro atoms. The average molecular weight is 339 g/mol. The molecule has 0 aliphatic carbocycles. The number of rotatable bonds is 2. The largest absolute Gasteiger partial charge is 0.345 e. The first-order valence-corrected chi connectivity index (χ1v) is 7.39. The number of thiazole rings is 1. The number of hydrogen-bond donors (Lipinski definition) is 1. The van der Waals surface area contributed by atoms with Crippen LogP contribution in [0.2, 0.25) is 0 Å². The Labute approximate surface area is 135 Å². The number of nitrogens with one attached hydrogen (secondary N) is 1. The van der Waals surface area contributed by atoms with E-state index in [2.05, 4.69) is 15.2 Å². The highest BCUT2D eigenvalue weighted by molar-refractivity contribution is 7.13. The Bertz CT molecular complexity index is 404. The van der Waals surface area contributed by atoms with Crippen molar-refractivity contribution in [3.63, 3.8) is 0 Å². The van der Waals surface area contributed by atoms with Gasteiger partial charge in [-0.1, -0.05) is 0 Å². The van der Waals surface area contributed by atoms with Gasteiger partial charge in [0.15, 0.2) is 5.13 Å². The third-order valence-corrected chi connectivity index (χ3v) is 4.47. The highest BCUT2D eigenvalue weighted by Crippen LogP contribution is 2.19. The van der Waals surface area contributed by atoms with Crippen LogP contribution in [-0.2, 0) is 4.79 Å².